The summed E-state index contributed by atoms with van der Waals surface area (Å²) in [5, 5.41) is 0. The molecule has 0 unspecified atom stereocenters. The summed E-state index contributed by atoms with van der Waals surface area (Å²) < 4.78 is 33.4. The second-order valence-electron chi connectivity index (χ2n) is 9.55. The van der Waals surface area contributed by atoms with Gasteiger partial charge in [0, 0.05) is 39.1 Å². The van der Waals surface area contributed by atoms with Crippen LogP contribution < -0.4 is 9.64 Å². The van der Waals surface area contributed by atoms with Crippen molar-refractivity contribution < 1.29 is 13.5 Å². The number of benzene rings is 2. The predicted octanol–water partition coefficient (Wildman–Crippen LogP) is 5.65. The van der Waals surface area contributed by atoms with E-state index < -0.39 is 11.6 Å². The zero-order chi connectivity index (χ0) is 23.7. The molecule has 34 heavy (non-hydrogen) atoms. The van der Waals surface area contributed by atoms with Crippen LogP contribution in [0.25, 0.3) is 0 Å². The fourth-order valence-corrected chi connectivity index (χ4v) is 4.61. The molecule has 2 aliphatic heterocycles. The summed E-state index contributed by atoms with van der Waals surface area (Å²) in [5.41, 5.74) is 3.87. The third kappa shape index (κ3) is 5.04. The van der Waals surface area contributed by atoms with Gasteiger partial charge in [-0.3, -0.25) is 4.90 Å². The Morgan fingerprint density at radius 1 is 0.971 bits per heavy atom. The first-order valence-electron chi connectivity index (χ1n) is 12.0. The van der Waals surface area contributed by atoms with Crippen molar-refractivity contribution in [2.45, 2.75) is 46.2 Å². The van der Waals surface area contributed by atoms with E-state index in [1.54, 1.807) is 6.07 Å². The third-order valence-electron chi connectivity index (χ3n) is 6.78. The van der Waals surface area contributed by atoms with Crippen LogP contribution in [0.2, 0.25) is 0 Å². The van der Waals surface area contributed by atoms with Crippen LogP contribution in [-0.4, -0.2) is 34.5 Å². The molecule has 0 N–H and O–H groups in total. The Hall–Kier alpha value is -3.06. The van der Waals surface area contributed by atoms with Gasteiger partial charge in [-0.25, -0.2) is 13.8 Å². The molecule has 2 aromatic carbocycles. The van der Waals surface area contributed by atoms with E-state index in [9.17, 15) is 8.78 Å². The SMILES string of the molecule is Cc1ccc(Oc2nc(N3CCC(C)CC3)nc3c2CN(Cc2ccc(F)c(F)c2)CC3)cc1. The molecule has 0 bridgehead atoms. The monoisotopic (exact) mass is 464 g/mol. The fourth-order valence-electron chi connectivity index (χ4n) is 4.61. The summed E-state index contributed by atoms with van der Waals surface area (Å²) in [6, 6.07) is 12.0. The Morgan fingerprint density at radius 2 is 1.74 bits per heavy atom. The van der Waals surface area contributed by atoms with Crippen molar-refractivity contribution in [3.8, 4) is 11.6 Å². The topological polar surface area (TPSA) is 41.5 Å². The number of hydrogen-bond acceptors (Lipinski definition) is 5. The van der Waals surface area contributed by atoms with Crippen LogP contribution in [-0.2, 0) is 19.5 Å². The highest BCUT2D eigenvalue weighted by molar-refractivity contribution is 5.44. The number of fused-ring (bicyclic) bond motifs is 1. The minimum absolute atomic E-state index is 0.520. The Labute approximate surface area is 199 Å². The van der Waals surface area contributed by atoms with E-state index in [1.165, 1.54) is 12.1 Å². The molecule has 1 aromatic heterocycles. The maximum atomic E-state index is 13.7. The highest BCUT2D eigenvalue weighted by atomic mass is 19.2. The molecule has 0 aliphatic carbocycles. The summed E-state index contributed by atoms with van der Waals surface area (Å²) in [7, 11) is 0. The smallest absolute Gasteiger partial charge is 0.228 e. The number of aromatic nitrogens is 2. The number of nitrogens with zero attached hydrogens (tertiary/aromatic N) is 4. The molecular formula is C27H30F2N4O. The highest BCUT2D eigenvalue weighted by Gasteiger charge is 2.27. The molecule has 0 radical (unpaired) electrons. The molecule has 3 aromatic rings. The van der Waals surface area contributed by atoms with Gasteiger partial charge in [0.15, 0.2) is 11.6 Å². The van der Waals surface area contributed by atoms with Crippen molar-refractivity contribution in [1.82, 2.24) is 14.9 Å². The lowest BCUT2D eigenvalue weighted by molar-refractivity contribution is 0.237. The Kier molecular flexibility index (Phi) is 6.46. The first-order chi connectivity index (χ1) is 16.4. The highest BCUT2D eigenvalue weighted by Crippen LogP contribution is 2.33. The summed E-state index contributed by atoms with van der Waals surface area (Å²) >= 11 is 0. The van der Waals surface area contributed by atoms with Crippen LogP contribution in [0.15, 0.2) is 42.5 Å². The molecule has 3 heterocycles. The normalized spacial score (nSPS) is 17.0. The fraction of sp³-hybridized carbons (Fsp3) is 0.407. The van der Waals surface area contributed by atoms with Crippen LogP contribution in [0.4, 0.5) is 14.7 Å². The Bertz CT molecular complexity index is 1160. The summed E-state index contributed by atoms with van der Waals surface area (Å²) in [5.74, 6) is 1.14. The van der Waals surface area contributed by atoms with Gasteiger partial charge in [0.25, 0.3) is 0 Å². The van der Waals surface area contributed by atoms with Gasteiger partial charge in [0.2, 0.25) is 11.8 Å². The average molecular weight is 465 g/mol. The number of piperidine rings is 1. The zero-order valence-electron chi connectivity index (χ0n) is 19.7. The number of halogens is 2. The number of rotatable bonds is 5. The second kappa shape index (κ2) is 9.66. The van der Waals surface area contributed by atoms with Gasteiger partial charge in [0.05, 0.1) is 11.3 Å². The minimum atomic E-state index is -0.824. The van der Waals surface area contributed by atoms with E-state index >= 15 is 0 Å². The first-order valence-corrected chi connectivity index (χ1v) is 12.0. The number of hydrogen-bond donors (Lipinski definition) is 0. The van der Waals surface area contributed by atoms with E-state index in [0.29, 0.717) is 19.0 Å². The molecule has 0 atom stereocenters. The third-order valence-corrected chi connectivity index (χ3v) is 6.78. The van der Waals surface area contributed by atoms with E-state index in [-0.39, 0.29) is 0 Å². The van der Waals surface area contributed by atoms with Crippen molar-refractivity contribution in [1.29, 1.82) is 0 Å². The quantitative estimate of drug-likeness (QED) is 0.488. The van der Waals surface area contributed by atoms with E-state index in [4.69, 9.17) is 14.7 Å². The lowest BCUT2D eigenvalue weighted by Crippen LogP contribution is -2.36. The van der Waals surface area contributed by atoms with Gasteiger partial charge in [-0.1, -0.05) is 30.7 Å². The number of ether oxygens (including phenoxy) is 1. The van der Waals surface area contributed by atoms with Gasteiger partial charge in [-0.05, 0) is 55.5 Å². The maximum Gasteiger partial charge on any atom is 0.228 e. The lowest BCUT2D eigenvalue weighted by atomic mass is 9.99. The van der Waals surface area contributed by atoms with Crippen molar-refractivity contribution in [2.24, 2.45) is 5.92 Å². The van der Waals surface area contributed by atoms with Crippen molar-refractivity contribution in [2.75, 3.05) is 24.5 Å². The molecule has 1 fully saturated rings. The molecule has 0 amide bonds. The molecule has 178 valence electrons. The summed E-state index contributed by atoms with van der Waals surface area (Å²) in [4.78, 5) is 14.3. The largest absolute Gasteiger partial charge is 0.439 e. The Balaban J connectivity index is 1.43. The van der Waals surface area contributed by atoms with Crippen molar-refractivity contribution >= 4 is 5.95 Å². The van der Waals surface area contributed by atoms with Gasteiger partial charge < -0.3 is 9.64 Å². The van der Waals surface area contributed by atoms with Crippen LogP contribution in [0.5, 0.6) is 11.6 Å². The maximum absolute atomic E-state index is 13.7. The lowest BCUT2D eigenvalue weighted by Gasteiger charge is -2.33. The Morgan fingerprint density at radius 3 is 2.47 bits per heavy atom. The van der Waals surface area contributed by atoms with Crippen molar-refractivity contribution in [3.63, 3.8) is 0 Å². The number of aryl methyl sites for hydroxylation is 1. The van der Waals surface area contributed by atoms with Gasteiger partial charge in [-0.2, -0.15) is 4.98 Å². The molecule has 0 saturated carbocycles. The van der Waals surface area contributed by atoms with E-state index in [1.807, 2.05) is 31.2 Å². The van der Waals surface area contributed by atoms with Gasteiger partial charge in [0.1, 0.15) is 5.75 Å². The van der Waals surface area contributed by atoms with Crippen LogP contribution >= 0.6 is 0 Å². The summed E-state index contributed by atoms with van der Waals surface area (Å²) in [6.45, 7) is 8.13. The zero-order valence-corrected chi connectivity index (χ0v) is 19.7. The van der Waals surface area contributed by atoms with Crippen LogP contribution in [0.3, 0.4) is 0 Å². The molecule has 1 saturated heterocycles. The second-order valence-corrected chi connectivity index (χ2v) is 9.55. The average Bonchev–Trinajstić information content (AvgIpc) is 2.83. The van der Waals surface area contributed by atoms with Crippen molar-refractivity contribution in [3.05, 3.63) is 76.5 Å². The number of anilines is 1. The van der Waals surface area contributed by atoms with Crippen LogP contribution in [0, 0.1) is 24.5 Å². The molecular weight excluding hydrogens is 434 g/mol. The minimum Gasteiger partial charge on any atom is -0.439 e. The molecule has 5 rings (SSSR count). The van der Waals surface area contributed by atoms with E-state index in [0.717, 1.165) is 78.9 Å². The standard InChI is InChI=1S/C27H30F2N4O/c1-18-3-6-21(7-4-18)34-26-22-17-32(16-20-5-8-23(28)24(29)15-20)12-11-25(22)30-27(31-26)33-13-9-19(2)10-14-33/h3-8,15,19H,9-14,16-17H2,1-2H3. The van der Waals surface area contributed by atoms with Gasteiger partial charge in [-0.15, -0.1) is 0 Å². The molecule has 0 spiro atoms. The van der Waals surface area contributed by atoms with Gasteiger partial charge >= 0.3 is 0 Å². The first kappa shape index (κ1) is 22.7. The molecule has 2 aliphatic rings. The predicted molar refractivity (Wildman–Crippen MR) is 128 cm³/mol. The van der Waals surface area contributed by atoms with Crippen LogP contribution in [0.1, 0.15) is 42.1 Å². The van der Waals surface area contributed by atoms with E-state index in [2.05, 4.69) is 16.7 Å². The molecule has 5 nitrogen and oxygen atoms in total. The summed E-state index contributed by atoms with van der Waals surface area (Å²) in [6.07, 6.45) is 3.02. The molecule has 7 heteroatoms.